The van der Waals surface area contributed by atoms with Gasteiger partial charge in [0, 0.05) is 17.7 Å². The molecule has 0 saturated carbocycles. The van der Waals surface area contributed by atoms with E-state index in [0.717, 1.165) is 16.7 Å². The number of hydrogen-bond acceptors (Lipinski definition) is 6. The van der Waals surface area contributed by atoms with Gasteiger partial charge in [0.2, 0.25) is 0 Å². The van der Waals surface area contributed by atoms with Crippen LogP contribution in [0, 0.1) is 10.1 Å². The van der Waals surface area contributed by atoms with Gasteiger partial charge in [-0.2, -0.15) is 0 Å². The van der Waals surface area contributed by atoms with E-state index in [9.17, 15) is 29.6 Å². The third kappa shape index (κ3) is 8.75. The molecule has 1 atom stereocenters. The van der Waals surface area contributed by atoms with Crippen LogP contribution in [0.4, 0.5) is 11.4 Å². The molecule has 49 heavy (non-hydrogen) atoms. The molecular formula is C39H35N3O7. The quantitative estimate of drug-likeness (QED) is 0.0952. The number of anilines is 1. The van der Waals surface area contributed by atoms with Crippen LogP contribution in [0.1, 0.15) is 65.1 Å². The fourth-order valence-electron chi connectivity index (χ4n) is 5.17. The van der Waals surface area contributed by atoms with Crippen molar-refractivity contribution >= 4 is 29.2 Å². The maximum absolute atomic E-state index is 13.9. The predicted molar refractivity (Wildman–Crippen MR) is 187 cm³/mol. The molecule has 0 radical (unpaired) electrons. The molecule has 248 valence electrons. The summed E-state index contributed by atoms with van der Waals surface area (Å²) in [7, 11) is 0. The highest BCUT2D eigenvalue weighted by Crippen LogP contribution is 2.30. The van der Waals surface area contributed by atoms with Gasteiger partial charge in [-0.15, -0.1) is 0 Å². The highest BCUT2D eigenvalue weighted by atomic mass is 16.6. The normalized spacial score (nSPS) is 11.7. The molecule has 0 aromatic heterocycles. The lowest BCUT2D eigenvalue weighted by Crippen LogP contribution is -2.31. The van der Waals surface area contributed by atoms with Gasteiger partial charge in [0.05, 0.1) is 28.6 Å². The van der Waals surface area contributed by atoms with E-state index < -0.39 is 35.2 Å². The van der Waals surface area contributed by atoms with Gasteiger partial charge in [-0.3, -0.25) is 24.5 Å². The molecule has 5 aromatic rings. The van der Waals surface area contributed by atoms with Crippen LogP contribution in [0.15, 0.2) is 121 Å². The molecular weight excluding hydrogens is 622 g/mol. The molecule has 0 aliphatic heterocycles. The van der Waals surface area contributed by atoms with E-state index in [4.69, 9.17) is 4.74 Å². The monoisotopic (exact) mass is 657 g/mol. The average molecular weight is 658 g/mol. The van der Waals surface area contributed by atoms with Crippen molar-refractivity contribution in [3.05, 3.63) is 154 Å². The fraction of sp³-hybridized carbons (Fsp3) is 0.154. The Morgan fingerprint density at radius 3 is 1.98 bits per heavy atom. The van der Waals surface area contributed by atoms with Crippen LogP contribution < -0.4 is 15.4 Å². The largest absolute Gasteiger partial charge is 0.481 e. The third-order valence-electron chi connectivity index (χ3n) is 7.88. The molecule has 3 N–H and O–H groups in total. The predicted octanol–water partition coefficient (Wildman–Crippen LogP) is 8.55. The van der Waals surface area contributed by atoms with Crippen molar-refractivity contribution < 1.29 is 29.2 Å². The Morgan fingerprint density at radius 2 is 1.39 bits per heavy atom. The number of benzene rings is 5. The van der Waals surface area contributed by atoms with Gasteiger partial charge in [-0.05, 0) is 70.1 Å². The average Bonchev–Trinajstić information content (AvgIpc) is 3.08. The molecule has 2 amide bonds. The summed E-state index contributed by atoms with van der Waals surface area (Å²) in [5.74, 6) is -1.70. The zero-order chi connectivity index (χ0) is 35.1. The number of nitrogens with one attached hydrogen (secondary N) is 2. The van der Waals surface area contributed by atoms with Crippen molar-refractivity contribution in [2.24, 2.45) is 0 Å². The zero-order valence-corrected chi connectivity index (χ0v) is 27.2. The summed E-state index contributed by atoms with van der Waals surface area (Å²) in [5.41, 5.74) is 3.93. The van der Waals surface area contributed by atoms with Crippen LogP contribution in [0.2, 0.25) is 0 Å². The first-order valence-electron chi connectivity index (χ1n) is 15.5. The summed E-state index contributed by atoms with van der Waals surface area (Å²) in [6, 6.07) is 33.2. The molecule has 5 rings (SSSR count). The SMILES string of the molecule is CC(C)(C)c1ccc(C(=O)Nc2ccc(Oc3ccc([N+](=O)[O-])cc3)cc2C(=O)NC(CC(=O)O)c2ccc(-c3ccccc3)cc2)cc1. The lowest BCUT2D eigenvalue weighted by Gasteiger charge is -2.20. The number of carbonyl (C=O) groups is 3. The van der Waals surface area contributed by atoms with E-state index >= 15 is 0 Å². The molecule has 1 unspecified atom stereocenters. The fourth-order valence-corrected chi connectivity index (χ4v) is 5.17. The molecule has 10 nitrogen and oxygen atoms in total. The standard InChI is InChI=1S/C39H35N3O7/c1-39(2,3)29-15-13-28(14-16-29)37(45)40-34-22-21-32(49-31-19-17-30(18-20-31)42(47)48)23-33(34)38(46)41-35(24-36(43)44)27-11-9-26(10-12-27)25-7-5-4-6-8-25/h4-23,35H,24H2,1-3H3,(H,40,45)(H,41,46)(H,43,44). The Kier molecular flexibility index (Phi) is 10.2. The number of aliphatic carboxylic acids is 1. The lowest BCUT2D eigenvalue weighted by molar-refractivity contribution is -0.384. The van der Waals surface area contributed by atoms with E-state index in [1.165, 1.54) is 36.4 Å². The first kappa shape index (κ1) is 34.1. The summed E-state index contributed by atoms with van der Waals surface area (Å²) in [6.07, 6.45) is -0.392. The number of nitro groups is 1. The van der Waals surface area contributed by atoms with Crippen LogP contribution in [-0.2, 0) is 10.2 Å². The second-order valence-electron chi connectivity index (χ2n) is 12.5. The van der Waals surface area contributed by atoms with Crippen molar-refractivity contribution in [1.82, 2.24) is 5.32 Å². The summed E-state index contributed by atoms with van der Waals surface area (Å²) >= 11 is 0. The smallest absolute Gasteiger partial charge is 0.305 e. The Labute approximate surface area is 283 Å². The van der Waals surface area contributed by atoms with Crippen molar-refractivity contribution in [3.63, 3.8) is 0 Å². The topological polar surface area (TPSA) is 148 Å². The Morgan fingerprint density at radius 1 is 0.776 bits per heavy atom. The van der Waals surface area contributed by atoms with Crippen LogP contribution in [-0.4, -0.2) is 27.8 Å². The Hall–Kier alpha value is -6.29. The molecule has 0 heterocycles. The highest BCUT2D eigenvalue weighted by molar-refractivity contribution is 6.09. The van der Waals surface area contributed by atoms with E-state index in [0.29, 0.717) is 11.1 Å². The van der Waals surface area contributed by atoms with Crippen LogP contribution in [0.25, 0.3) is 11.1 Å². The number of hydrogen-bond donors (Lipinski definition) is 3. The molecule has 5 aromatic carbocycles. The third-order valence-corrected chi connectivity index (χ3v) is 7.88. The number of rotatable bonds is 11. The molecule has 0 bridgehead atoms. The number of carboxylic acids is 1. The maximum atomic E-state index is 13.9. The number of amides is 2. The summed E-state index contributed by atoms with van der Waals surface area (Å²) in [5, 5.41) is 26.4. The minimum absolute atomic E-state index is 0.0235. The number of non-ortho nitro benzene ring substituents is 1. The summed E-state index contributed by atoms with van der Waals surface area (Å²) in [6.45, 7) is 6.22. The van der Waals surface area contributed by atoms with E-state index in [2.05, 4.69) is 31.4 Å². The van der Waals surface area contributed by atoms with Gasteiger partial charge in [-0.1, -0.05) is 87.5 Å². The molecule has 0 saturated heterocycles. The summed E-state index contributed by atoms with van der Waals surface area (Å²) < 4.78 is 5.89. The molecule has 10 heteroatoms. The van der Waals surface area contributed by atoms with Crippen LogP contribution >= 0.6 is 0 Å². The zero-order valence-electron chi connectivity index (χ0n) is 27.2. The molecule has 0 aliphatic carbocycles. The number of nitrogens with zero attached hydrogens (tertiary/aromatic N) is 1. The molecule has 0 fully saturated rings. The maximum Gasteiger partial charge on any atom is 0.305 e. The van der Waals surface area contributed by atoms with Gasteiger partial charge in [0.25, 0.3) is 17.5 Å². The summed E-state index contributed by atoms with van der Waals surface area (Å²) in [4.78, 5) is 49.7. The van der Waals surface area contributed by atoms with E-state index in [-0.39, 0.29) is 33.9 Å². The minimum Gasteiger partial charge on any atom is -0.481 e. The van der Waals surface area contributed by atoms with Crippen molar-refractivity contribution in [2.45, 2.75) is 38.6 Å². The number of ether oxygens (including phenoxy) is 1. The van der Waals surface area contributed by atoms with Gasteiger partial charge in [0.15, 0.2) is 0 Å². The lowest BCUT2D eigenvalue weighted by atomic mass is 9.86. The van der Waals surface area contributed by atoms with Crippen molar-refractivity contribution in [2.75, 3.05) is 5.32 Å². The first-order chi connectivity index (χ1) is 23.4. The second kappa shape index (κ2) is 14.6. The van der Waals surface area contributed by atoms with E-state index in [1.807, 2.05) is 54.6 Å². The van der Waals surface area contributed by atoms with Crippen molar-refractivity contribution in [1.29, 1.82) is 0 Å². The highest BCUT2D eigenvalue weighted by Gasteiger charge is 2.23. The Bertz CT molecular complexity index is 1970. The molecule has 0 spiro atoms. The van der Waals surface area contributed by atoms with Crippen LogP contribution in [0.5, 0.6) is 11.5 Å². The van der Waals surface area contributed by atoms with Gasteiger partial charge < -0.3 is 20.5 Å². The van der Waals surface area contributed by atoms with E-state index in [1.54, 1.807) is 30.3 Å². The number of carboxylic acid groups (broad SMARTS) is 1. The molecule has 0 aliphatic rings. The van der Waals surface area contributed by atoms with Gasteiger partial charge in [0.1, 0.15) is 11.5 Å². The van der Waals surface area contributed by atoms with Crippen LogP contribution in [0.3, 0.4) is 0 Å². The first-order valence-corrected chi connectivity index (χ1v) is 15.5. The minimum atomic E-state index is -1.11. The number of nitro benzene ring substituents is 1. The van der Waals surface area contributed by atoms with Gasteiger partial charge >= 0.3 is 5.97 Å². The second-order valence-corrected chi connectivity index (χ2v) is 12.5. The Balaban J connectivity index is 1.45. The van der Waals surface area contributed by atoms with Gasteiger partial charge in [-0.25, -0.2) is 0 Å². The number of carbonyl (C=O) groups excluding carboxylic acids is 2. The van der Waals surface area contributed by atoms with Crippen molar-refractivity contribution in [3.8, 4) is 22.6 Å².